The fraction of sp³-hybridized carbons (Fsp3) is 0.429. The van der Waals surface area contributed by atoms with Crippen molar-refractivity contribution >= 4 is 17.6 Å². The summed E-state index contributed by atoms with van der Waals surface area (Å²) in [5.41, 5.74) is 1.91. The molecule has 96 valence electrons. The first-order chi connectivity index (χ1) is 8.56. The zero-order valence-electron chi connectivity index (χ0n) is 10.3. The molecule has 1 aromatic rings. The van der Waals surface area contributed by atoms with Crippen LogP contribution in [0.25, 0.3) is 0 Å². The number of carbonyl (C=O) groups is 2. The molecule has 1 saturated carbocycles. The SMILES string of the molecule is Cc1ccc(NC(=O)C2CCC(C(=O)O)C2)cc1. The average Bonchev–Trinajstić information content (AvgIpc) is 2.81. The van der Waals surface area contributed by atoms with Gasteiger partial charge in [0.05, 0.1) is 5.92 Å². The Morgan fingerprint density at radius 1 is 1.17 bits per heavy atom. The number of benzene rings is 1. The van der Waals surface area contributed by atoms with Gasteiger partial charge in [-0.3, -0.25) is 9.59 Å². The van der Waals surface area contributed by atoms with E-state index < -0.39 is 5.97 Å². The van der Waals surface area contributed by atoms with E-state index >= 15 is 0 Å². The van der Waals surface area contributed by atoms with Crippen molar-refractivity contribution in [1.82, 2.24) is 0 Å². The Morgan fingerprint density at radius 2 is 1.78 bits per heavy atom. The fourth-order valence-electron chi connectivity index (χ4n) is 2.33. The Bertz CT molecular complexity index is 453. The van der Waals surface area contributed by atoms with Crippen molar-refractivity contribution in [2.75, 3.05) is 5.32 Å². The second-order valence-corrected chi connectivity index (χ2v) is 4.90. The molecule has 4 heteroatoms. The van der Waals surface area contributed by atoms with Crippen LogP contribution in [0.15, 0.2) is 24.3 Å². The fourth-order valence-corrected chi connectivity index (χ4v) is 2.33. The van der Waals surface area contributed by atoms with E-state index in [0.717, 1.165) is 11.3 Å². The first-order valence-corrected chi connectivity index (χ1v) is 6.16. The lowest BCUT2D eigenvalue weighted by atomic mass is 10.0. The summed E-state index contributed by atoms with van der Waals surface area (Å²) in [6, 6.07) is 7.59. The summed E-state index contributed by atoms with van der Waals surface area (Å²) >= 11 is 0. The zero-order chi connectivity index (χ0) is 13.1. The molecule has 1 aliphatic carbocycles. The number of rotatable bonds is 3. The minimum atomic E-state index is -0.791. The van der Waals surface area contributed by atoms with Crippen molar-refractivity contribution < 1.29 is 14.7 Å². The van der Waals surface area contributed by atoms with Gasteiger partial charge in [0.1, 0.15) is 0 Å². The lowest BCUT2D eigenvalue weighted by molar-refractivity contribution is -0.141. The summed E-state index contributed by atoms with van der Waals surface area (Å²) < 4.78 is 0. The Balaban J connectivity index is 1.93. The quantitative estimate of drug-likeness (QED) is 0.862. The smallest absolute Gasteiger partial charge is 0.306 e. The van der Waals surface area contributed by atoms with E-state index in [0.29, 0.717) is 19.3 Å². The molecular weight excluding hydrogens is 230 g/mol. The van der Waals surface area contributed by atoms with E-state index in [-0.39, 0.29) is 17.7 Å². The van der Waals surface area contributed by atoms with Crippen LogP contribution in [0.5, 0.6) is 0 Å². The Morgan fingerprint density at radius 3 is 2.33 bits per heavy atom. The third kappa shape index (κ3) is 2.88. The summed E-state index contributed by atoms with van der Waals surface area (Å²) in [4.78, 5) is 22.8. The van der Waals surface area contributed by atoms with Crippen molar-refractivity contribution in [1.29, 1.82) is 0 Å². The van der Waals surface area contributed by atoms with E-state index in [1.54, 1.807) is 0 Å². The van der Waals surface area contributed by atoms with Gasteiger partial charge in [-0.1, -0.05) is 17.7 Å². The van der Waals surface area contributed by atoms with Gasteiger partial charge in [0.2, 0.25) is 5.91 Å². The molecule has 18 heavy (non-hydrogen) atoms. The largest absolute Gasteiger partial charge is 0.481 e. The van der Waals surface area contributed by atoms with Gasteiger partial charge >= 0.3 is 5.97 Å². The van der Waals surface area contributed by atoms with Crippen molar-refractivity contribution in [3.05, 3.63) is 29.8 Å². The van der Waals surface area contributed by atoms with Crippen LogP contribution in [-0.4, -0.2) is 17.0 Å². The number of amides is 1. The van der Waals surface area contributed by atoms with E-state index in [1.807, 2.05) is 31.2 Å². The molecule has 0 spiro atoms. The van der Waals surface area contributed by atoms with Crippen LogP contribution in [0, 0.1) is 18.8 Å². The van der Waals surface area contributed by atoms with Gasteiger partial charge in [0.25, 0.3) is 0 Å². The molecule has 1 aromatic carbocycles. The summed E-state index contributed by atoms with van der Waals surface area (Å²) in [5.74, 6) is -1.39. The molecule has 0 heterocycles. The van der Waals surface area contributed by atoms with Gasteiger partial charge in [0.15, 0.2) is 0 Å². The van der Waals surface area contributed by atoms with Crippen LogP contribution in [0.4, 0.5) is 5.69 Å². The molecule has 1 aliphatic rings. The maximum absolute atomic E-state index is 12.0. The number of aliphatic carboxylic acids is 1. The Hall–Kier alpha value is -1.84. The van der Waals surface area contributed by atoms with Gasteiger partial charge < -0.3 is 10.4 Å². The highest BCUT2D eigenvalue weighted by Gasteiger charge is 2.33. The molecule has 0 radical (unpaired) electrons. The summed E-state index contributed by atoms with van der Waals surface area (Å²) in [7, 11) is 0. The van der Waals surface area contributed by atoms with Gasteiger partial charge in [-0.15, -0.1) is 0 Å². The predicted molar refractivity (Wildman–Crippen MR) is 68.3 cm³/mol. The van der Waals surface area contributed by atoms with Crippen LogP contribution >= 0.6 is 0 Å². The number of hydrogen-bond donors (Lipinski definition) is 2. The first-order valence-electron chi connectivity index (χ1n) is 6.16. The number of nitrogens with one attached hydrogen (secondary N) is 1. The second-order valence-electron chi connectivity index (χ2n) is 4.90. The normalized spacial score (nSPS) is 22.7. The molecule has 2 atom stereocenters. The monoisotopic (exact) mass is 247 g/mol. The molecule has 0 bridgehead atoms. The molecule has 0 saturated heterocycles. The number of carbonyl (C=O) groups excluding carboxylic acids is 1. The molecule has 1 amide bonds. The van der Waals surface area contributed by atoms with Crippen LogP contribution in [0.1, 0.15) is 24.8 Å². The highest BCUT2D eigenvalue weighted by molar-refractivity contribution is 5.93. The van der Waals surface area contributed by atoms with Crippen molar-refractivity contribution in [3.63, 3.8) is 0 Å². The van der Waals surface area contributed by atoms with E-state index in [1.165, 1.54) is 0 Å². The first kappa shape index (κ1) is 12.6. The topological polar surface area (TPSA) is 66.4 Å². The van der Waals surface area contributed by atoms with Gasteiger partial charge in [-0.05, 0) is 38.3 Å². The number of anilines is 1. The van der Waals surface area contributed by atoms with E-state index in [4.69, 9.17) is 5.11 Å². The van der Waals surface area contributed by atoms with E-state index in [2.05, 4.69) is 5.32 Å². The summed E-state index contributed by atoms with van der Waals surface area (Å²) in [6.07, 6.45) is 1.71. The van der Waals surface area contributed by atoms with Crippen LogP contribution < -0.4 is 5.32 Å². The maximum atomic E-state index is 12.0. The lowest BCUT2D eigenvalue weighted by Gasteiger charge is -2.10. The molecule has 2 N–H and O–H groups in total. The van der Waals surface area contributed by atoms with Crippen LogP contribution in [0.2, 0.25) is 0 Å². The molecule has 4 nitrogen and oxygen atoms in total. The molecule has 0 aromatic heterocycles. The average molecular weight is 247 g/mol. The zero-order valence-corrected chi connectivity index (χ0v) is 10.3. The van der Waals surface area contributed by atoms with Crippen molar-refractivity contribution in [2.45, 2.75) is 26.2 Å². The Labute approximate surface area is 106 Å². The molecule has 1 fully saturated rings. The number of hydrogen-bond acceptors (Lipinski definition) is 2. The predicted octanol–water partition coefficient (Wildman–Crippen LogP) is 2.43. The van der Waals surface area contributed by atoms with Crippen molar-refractivity contribution in [3.8, 4) is 0 Å². The van der Waals surface area contributed by atoms with Crippen LogP contribution in [-0.2, 0) is 9.59 Å². The van der Waals surface area contributed by atoms with Crippen LogP contribution in [0.3, 0.4) is 0 Å². The number of carboxylic acids is 1. The summed E-state index contributed by atoms with van der Waals surface area (Å²) in [5, 5.41) is 11.7. The van der Waals surface area contributed by atoms with Gasteiger partial charge in [-0.25, -0.2) is 0 Å². The van der Waals surface area contributed by atoms with Crippen molar-refractivity contribution in [2.24, 2.45) is 11.8 Å². The number of carboxylic acid groups (broad SMARTS) is 1. The lowest BCUT2D eigenvalue weighted by Crippen LogP contribution is -2.21. The van der Waals surface area contributed by atoms with E-state index in [9.17, 15) is 9.59 Å². The standard InChI is InChI=1S/C14H17NO3/c1-9-2-6-12(7-3-9)15-13(16)10-4-5-11(8-10)14(17)18/h2-3,6-7,10-11H,4-5,8H2,1H3,(H,15,16)(H,17,18). The minimum absolute atomic E-state index is 0.0670. The molecular formula is C14H17NO3. The summed E-state index contributed by atoms with van der Waals surface area (Å²) in [6.45, 7) is 1.99. The molecule has 2 unspecified atom stereocenters. The van der Waals surface area contributed by atoms with Gasteiger partial charge in [0, 0.05) is 11.6 Å². The molecule has 0 aliphatic heterocycles. The Kier molecular flexibility index (Phi) is 3.65. The third-order valence-electron chi connectivity index (χ3n) is 3.47. The highest BCUT2D eigenvalue weighted by atomic mass is 16.4. The molecule has 2 rings (SSSR count). The number of aryl methyl sites for hydroxylation is 1. The van der Waals surface area contributed by atoms with Gasteiger partial charge in [-0.2, -0.15) is 0 Å². The third-order valence-corrected chi connectivity index (χ3v) is 3.47. The highest BCUT2D eigenvalue weighted by Crippen LogP contribution is 2.31. The maximum Gasteiger partial charge on any atom is 0.306 e. The minimum Gasteiger partial charge on any atom is -0.481 e. The second kappa shape index (κ2) is 5.21.